The van der Waals surface area contributed by atoms with Crippen LogP contribution in [0, 0.1) is 17.0 Å². The smallest absolute Gasteiger partial charge is 0.331 e. The molecule has 0 aliphatic rings. The molecule has 2 N–H and O–H groups in total. The molecule has 2 heterocycles. The van der Waals surface area contributed by atoms with Crippen molar-refractivity contribution in [2.75, 3.05) is 5.32 Å². The molecule has 0 fully saturated rings. The number of carbonyl (C=O) groups is 1. The zero-order valence-corrected chi connectivity index (χ0v) is 11.3. The number of nitrogens with one attached hydrogen (secondary N) is 1. The normalized spacial score (nSPS) is 11.8. The highest BCUT2D eigenvalue weighted by Crippen LogP contribution is 2.25. The first kappa shape index (κ1) is 13.9. The summed E-state index contributed by atoms with van der Waals surface area (Å²) < 4.78 is 0. The van der Waals surface area contributed by atoms with Crippen LogP contribution in [0.15, 0.2) is 29.8 Å². The lowest BCUT2D eigenvalue weighted by molar-refractivity contribution is -0.385. The third-order valence-electron chi connectivity index (χ3n) is 2.53. The van der Waals surface area contributed by atoms with Crippen LogP contribution < -0.4 is 5.32 Å². The summed E-state index contributed by atoms with van der Waals surface area (Å²) in [7, 11) is 0. The van der Waals surface area contributed by atoms with Gasteiger partial charge in [0.1, 0.15) is 12.0 Å². The topological polar surface area (TPSA) is 105 Å². The van der Waals surface area contributed by atoms with Gasteiger partial charge in [-0.15, -0.1) is 11.3 Å². The average Bonchev–Trinajstić information content (AvgIpc) is 2.82. The minimum absolute atomic E-state index is 0.144. The molecule has 1 unspecified atom stereocenters. The number of aryl methyl sites for hydroxylation is 1. The molecule has 0 spiro atoms. The summed E-state index contributed by atoms with van der Waals surface area (Å²) in [5, 5.41) is 24.4. The summed E-state index contributed by atoms with van der Waals surface area (Å²) in [6, 6.07) is 3.51. The van der Waals surface area contributed by atoms with Gasteiger partial charge in [0.2, 0.25) is 0 Å². The van der Waals surface area contributed by atoms with E-state index in [1.807, 2.05) is 12.3 Å². The van der Waals surface area contributed by atoms with Gasteiger partial charge in [-0.1, -0.05) is 0 Å². The molecule has 2 rings (SSSR count). The number of nitro groups is 1. The van der Waals surface area contributed by atoms with E-state index in [0.717, 1.165) is 11.8 Å². The van der Waals surface area contributed by atoms with Crippen molar-refractivity contribution in [3.8, 4) is 0 Å². The SMILES string of the molecule is Cc1csc(C(Nc2ccc([N+](=O)[O-])cn2)C(=O)O)c1. The Balaban J connectivity index is 2.20. The number of aliphatic carboxylic acids is 1. The number of carboxylic acids is 1. The van der Waals surface area contributed by atoms with Gasteiger partial charge in [-0.3, -0.25) is 10.1 Å². The van der Waals surface area contributed by atoms with E-state index in [0.29, 0.717) is 4.88 Å². The lowest BCUT2D eigenvalue weighted by Crippen LogP contribution is -2.20. The van der Waals surface area contributed by atoms with Crippen LogP contribution in [0.5, 0.6) is 0 Å². The van der Waals surface area contributed by atoms with Crippen LogP contribution >= 0.6 is 11.3 Å². The third kappa shape index (κ3) is 3.09. The Hall–Kier alpha value is -2.48. The van der Waals surface area contributed by atoms with Crippen molar-refractivity contribution in [1.82, 2.24) is 4.98 Å². The van der Waals surface area contributed by atoms with Crippen LogP contribution in [0.1, 0.15) is 16.5 Å². The van der Waals surface area contributed by atoms with Gasteiger partial charge in [0.05, 0.1) is 4.92 Å². The second kappa shape index (κ2) is 5.66. The summed E-state index contributed by atoms with van der Waals surface area (Å²) in [6.45, 7) is 1.88. The van der Waals surface area contributed by atoms with E-state index in [1.165, 1.54) is 23.5 Å². The first-order chi connectivity index (χ1) is 9.47. The monoisotopic (exact) mass is 293 g/mol. The van der Waals surface area contributed by atoms with Crippen LogP contribution in [0.25, 0.3) is 0 Å². The molecule has 0 aromatic carbocycles. The number of anilines is 1. The zero-order valence-electron chi connectivity index (χ0n) is 10.4. The lowest BCUT2D eigenvalue weighted by Gasteiger charge is -2.13. The van der Waals surface area contributed by atoms with E-state index in [-0.39, 0.29) is 11.5 Å². The van der Waals surface area contributed by atoms with E-state index >= 15 is 0 Å². The van der Waals surface area contributed by atoms with Crippen molar-refractivity contribution < 1.29 is 14.8 Å². The fourth-order valence-corrected chi connectivity index (χ4v) is 2.53. The van der Waals surface area contributed by atoms with Gasteiger partial charge in [0.25, 0.3) is 5.69 Å². The fourth-order valence-electron chi connectivity index (χ4n) is 1.59. The number of nitrogens with zero attached hydrogens (tertiary/aromatic N) is 2. The van der Waals surface area contributed by atoms with Crippen LogP contribution in [0.3, 0.4) is 0 Å². The highest BCUT2D eigenvalue weighted by molar-refractivity contribution is 7.10. The Morgan fingerprint density at radius 1 is 1.55 bits per heavy atom. The Labute approximate surface area is 118 Å². The van der Waals surface area contributed by atoms with Gasteiger partial charge in [-0.25, -0.2) is 9.78 Å². The molecule has 1 atom stereocenters. The summed E-state index contributed by atoms with van der Waals surface area (Å²) >= 11 is 1.33. The molecular weight excluding hydrogens is 282 g/mol. The van der Waals surface area contributed by atoms with Crippen LogP contribution in [0.4, 0.5) is 11.5 Å². The van der Waals surface area contributed by atoms with E-state index < -0.39 is 16.9 Å². The molecule has 7 nitrogen and oxygen atoms in total. The third-order valence-corrected chi connectivity index (χ3v) is 3.65. The highest BCUT2D eigenvalue weighted by Gasteiger charge is 2.22. The largest absolute Gasteiger partial charge is 0.479 e. The van der Waals surface area contributed by atoms with Gasteiger partial charge in [0.15, 0.2) is 6.04 Å². The number of carboxylic acid groups (broad SMARTS) is 1. The molecule has 8 heteroatoms. The lowest BCUT2D eigenvalue weighted by atomic mass is 10.2. The second-order valence-corrected chi connectivity index (χ2v) is 5.04. The Bertz CT molecular complexity index is 638. The molecule has 0 saturated carbocycles. The Morgan fingerprint density at radius 3 is 2.75 bits per heavy atom. The molecule has 2 aromatic rings. The van der Waals surface area contributed by atoms with E-state index in [4.69, 9.17) is 0 Å². The molecule has 0 amide bonds. The van der Waals surface area contributed by atoms with Crippen molar-refractivity contribution in [2.45, 2.75) is 13.0 Å². The van der Waals surface area contributed by atoms with Gasteiger partial charge in [-0.05, 0) is 30.0 Å². The molecular formula is C12H11N3O4S. The minimum Gasteiger partial charge on any atom is -0.479 e. The summed E-state index contributed by atoms with van der Waals surface area (Å²) in [5.74, 6) is -0.763. The summed E-state index contributed by atoms with van der Waals surface area (Å²) in [5.41, 5.74) is 0.837. The predicted octanol–water partition coefficient (Wildman–Crippen LogP) is 2.60. The van der Waals surface area contributed by atoms with Crippen LogP contribution in [-0.2, 0) is 4.79 Å². The molecule has 2 aromatic heterocycles. The molecule has 20 heavy (non-hydrogen) atoms. The molecule has 0 bridgehead atoms. The van der Waals surface area contributed by atoms with Crippen molar-refractivity contribution in [3.05, 3.63) is 50.3 Å². The van der Waals surface area contributed by atoms with E-state index in [2.05, 4.69) is 10.3 Å². The number of aromatic nitrogens is 1. The Kier molecular flexibility index (Phi) is 3.94. The zero-order chi connectivity index (χ0) is 14.7. The van der Waals surface area contributed by atoms with Gasteiger partial charge >= 0.3 is 5.97 Å². The average molecular weight is 293 g/mol. The summed E-state index contributed by atoms with van der Waals surface area (Å²) in [4.78, 5) is 25.7. The van der Waals surface area contributed by atoms with Crippen molar-refractivity contribution in [3.63, 3.8) is 0 Å². The second-order valence-electron chi connectivity index (χ2n) is 4.10. The predicted molar refractivity (Wildman–Crippen MR) is 73.9 cm³/mol. The van der Waals surface area contributed by atoms with Gasteiger partial charge in [-0.2, -0.15) is 0 Å². The van der Waals surface area contributed by atoms with E-state index in [9.17, 15) is 20.0 Å². The fraction of sp³-hybridized carbons (Fsp3) is 0.167. The molecule has 0 aliphatic carbocycles. The standard InChI is InChI=1S/C12H11N3O4S/c1-7-4-9(20-6-7)11(12(16)17)14-10-3-2-8(5-13-10)15(18)19/h2-6,11H,1H3,(H,13,14)(H,16,17). The van der Waals surface area contributed by atoms with Crippen molar-refractivity contribution in [2.24, 2.45) is 0 Å². The van der Waals surface area contributed by atoms with Gasteiger partial charge < -0.3 is 10.4 Å². The number of hydrogen-bond donors (Lipinski definition) is 2. The quantitative estimate of drug-likeness (QED) is 0.648. The minimum atomic E-state index is -1.04. The number of rotatable bonds is 5. The van der Waals surface area contributed by atoms with Crippen LogP contribution in [0.2, 0.25) is 0 Å². The summed E-state index contributed by atoms with van der Waals surface area (Å²) in [6.07, 6.45) is 1.08. The van der Waals surface area contributed by atoms with Crippen LogP contribution in [-0.4, -0.2) is 21.0 Å². The number of pyridine rings is 1. The molecule has 0 aliphatic heterocycles. The molecule has 104 valence electrons. The number of thiophene rings is 1. The highest BCUT2D eigenvalue weighted by atomic mass is 32.1. The first-order valence-corrected chi connectivity index (χ1v) is 6.50. The number of hydrogen-bond acceptors (Lipinski definition) is 6. The van der Waals surface area contributed by atoms with E-state index in [1.54, 1.807) is 6.07 Å². The van der Waals surface area contributed by atoms with Crippen molar-refractivity contribution in [1.29, 1.82) is 0 Å². The maximum atomic E-state index is 11.3. The Morgan fingerprint density at radius 2 is 2.30 bits per heavy atom. The first-order valence-electron chi connectivity index (χ1n) is 5.62. The maximum absolute atomic E-state index is 11.3. The molecule has 0 radical (unpaired) electrons. The molecule has 0 saturated heterocycles. The maximum Gasteiger partial charge on any atom is 0.331 e. The van der Waals surface area contributed by atoms with Gasteiger partial charge in [0, 0.05) is 10.9 Å². The van der Waals surface area contributed by atoms with Crippen molar-refractivity contribution >= 4 is 28.8 Å².